The minimum Gasteiger partial charge on any atom is -0.289 e. The molecule has 1 aliphatic rings. The van der Waals surface area contributed by atoms with E-state index in [0.717, 1.165) is 6.08 Å². The van der Waals surface area contributed by atoms with Crippen molar-refractivity contribution < 1.29 is 14.4 Å². The summed E-state index contributed by atoms with van der Waals surface area (Å²) in [6, 6.07) is 8.35. The Morgan fingerprint density at radius 1 is 1.00 bits per heavy atom. The molecule has 0 spiro atoms. The van der Waals surface area contributed by atoms with Crippen molar-refractivity contribution in [3.8, 4) is 0 Å². The van der Waals surface area contributed by atoms with Crippen LogP contribution in [0.2, 0.25) is 0 Å². The number of rotatable bonds is 4. The Morgan fingerprint density at radius 3 is 2.20 bits per heavy atom. The van der Waals surface area contributed by atoms with Crippen LogP contribution in [0.3, 0.4) is 0 Å². The molecule has 0 bridgehead atoms. The van der Waals surface area contributed by atoms with Crippen LogP contribution in [-0.4, -0.2) is 17.3 Å². The third kappa shape index (κ3) is 2.21. The fourth-order valence-electron chi connectivity index (χ4n) is 2.00. The topological polar surface area (TPSA) is 51.2 Å². The van der Waals surface area contributed by atoms with Gasteiger partial charge in [-0.1, -0.05) is 55.6 Å². The van der Waals surface area contributed by atoms with Crippen molar-refractivity contribution in [1.82, 2.24) is 0 Å². The van der Waals surface area contributed by atoms with Crippen LogP contribution in [0.5, 0.6) is 0 Å². The minimum absolute atomic E-state index is 0.0289. The van der Waals surface area contributed by atoms with Crippen LogP contribution in [0, 0.1) is 0 Å². The lowest BCUT2D eigenvalue weighted by atomic mass is 9.85. The fraction of sp³-hybridized carbons (Fsp3) is 0. The van der Waals surface area contributed by atoms with Gasteiger partial charge in [-0.2, -0.15) is 0 Å². The fourth-order valence-corrected chi connectivity index (χ4v) is 2.00. The van der Waals surface area contributed by atoms with Gasteiger partial charge >= 0.3 is 0 Å². The average molecular weight is 264 g/mol. The quantitative estimate of drug-likeness (QED) is 0.477. The van der Waals surface area contributed by atoms with E-state index < -0.39 is 17.3 Å². The van der Waals surface area contributed by atoms with Gasteiger partial charge in [0.2, 0.25) is 0 Å². The van der Waals surface area contributed by atoms with Gasteiger partial charge in [0, 0.05) is 16.7 Å². The molecule has 0 radical (unpaired) electrons. The summed E-state index contributed by atoms with van der Waals surface area (Å²) in [6.07, 6.45) is 3.68. The van der Waals surface area contributed by atoms with Gasteiger partial charge in [0.15, 0.2) is 17.3 Å². The predicted molar refractivity (Wildman–Crippen MR) is 76.3 cm³/mol. The largest absolute Gasteiger partial charge is 0.289 e. The highest BCUT2D eigenvalue weighted by Gasteiger charge is 2.30. The van der Waals surface area contributed by atoms with E-state index in [2.05, 4.69) is 13.2 Å². The van der Waals surface area contributed by atoms with E-state index in [-0.39, 0.29) is 16.7 Å². The maximum absolute atomic E-state index is 12.4. The van der Waals surface area contributed by atoms with Crippen molar-refractivity contribution >= 4 is 17.3 Å². The van der Waals surface area contributed by atoms with Crippen molar-refractivity contribution in [2.45, 2.75) is 0 Å². The SMILES string of the molecule is C=CC1=CC(=O)C(C(=O)c2ccccc2)=C(C=C)C1=O. The molecule has 1 aromatic carbocycles. The summed E-state index contributed by atoms with van der Waals surface area (Å²) in [7, 11) is 0. The molecule has 0 saturated carbocycles. The molecule has 98 valence electrons. The van der Waals surface area contributed by atoms with Gasteiger partial charge in [0.25, 0.3) is 0 Å². The van der Waals surface area contributed by atoms with Gasteiger partial charge in [-0.3, -0.25) is 14.4 Å². The molecule has 0 atom stereocenters. The summed E-state index contributed by atoms with van der Waals surface area (Å²) in [6.45, 7) is 7.00. The number of hydrogen-bond acceptors (Lipinski definition) is 3. The molecule has 0 saturated heterocycles. The number of Topliss-reactive ketones (excluding diaryl/α,β-unsaturated/α-hetero) is 2. The van der Waals surface area contributed by atoms with Crippen molar-refractivity contribution in [2.75, 3.05) is 0 Å². The lowest BCUT2D eigenvalue weighted by molar-refractivity contribution is -0.115. The molecule has 1 aliphatic carbocycles. The summed E-state index contributed by atoms with van der Waals surface area (Å²) >= 11 is 0. The molecule has 20 heavy (non-hydrogen) atoms. The zero-order valence-corrected chi connectivity index (χ0v) is 10.8. The van der Waals surface area contributed by atoms with Gasteiger partial charge in [0.05, 0.1) is 5.57 Å². The minimum atomic E-state index is -0.497. The number of ketones is 3. The zero-order chi connectivity index (χ0) is 14.7. The van der Waals surface area contributed by atoms with Crippen LogP contribution in [0.15, 0.2) is 78.4 Å². The predicted octanol–water partition coefficient (Wildman–Crippen LogP) is 2.62. The Morgan fingerprint density at radius 2 is 1.65 bits per heavy atom. The summed E-state index contributed by atoms with van der Waals surface area (Å²) in [4.78, 5) is 36.6. The van der Waals surface area contributed by atoms with Gasteiger partial charge in [0.1, 0.15) is 0 Å². The molecule has 0 heterocycles. The van der Waals surface area contributed by atoms with E-state index in [4.69, 9.17) is 0 Å². The van der Waals surface area contributed by atoms with Crippen LogP contribution < -0.4 is 0 Å². The van der Waals surface area contributed by atoms with Gasteiger partial charge in [-0.15, -0.1) is 0 Å². The molecule has 0 unspecified atom stereocenters. The Bertz CT molecular complexity index is 688. The van der Waals surface area contributed by atoms with Crippen LogP contribution in [0.1, 0.15) is 10.4 Å². The molecule has 0 N–H and O–H groups in total. The molecular weight excluding hydrogens is 252 g/mol. The zero-order valence-electron chi connectivity index (χ0n) is 10.8. The molecule has 0 aromatic heterocycles. The normalized spacial score (nSPS) is 14.9. The number of allylic oxidation sites excluding steroid dienone is 6. The lowest BCUT2D eigenvalue weighted by Crippen LogP contribution is -2.23. The van der Waals surface area contributed by atoms with Crippen LogP contribution in [0.4, 0.5) is 0 Å². The number of carbonyl (C=O) groups is 3. The third-order valence-corrected chi connectivity index (χ3v) is 3.00. The molecule has 1 aromatic rings. The summed E-state index contributed by atoms with van der Waals surface area (Å²) in [5.41, 5.74) is 0.427. The first-order valence-corrected chi connectivity index (χ1v) is 5.99. The Labute approximate surface area is 116 Å². The smallest absolute Gasteiger partial charge is 0.197 e. The van der Waals surface area contributed by atoms with Gasteiger partial charge in [-0.25, -0.2) is 0 Å². The first-order chi connectivity index (χ1) is 9.60. The van der Waals surface area contributed by atoms with Crippen molar-refractivity contribution in [1.29, 1.82) is 0 Å². The van der Waals surface area contributed by atoms with Gasteiger partial charge in [-0.05, 0) is 6.08 Å². The van der Waals surface area contributed by atoms with Crippen LogP contribution in [-0.2, 0) is 9.59 Å². The molecule has 3 heteroatoms. The summed E-state index contributed by atoms with van der Waals surface area (Å²) < 4.78 is 0. The average Bonchev–Trinajstić information content (AvgIpc) is 2.48. The second-order valence-corrected chi connectivity index (χ2v) is 4.19. The second-order valence-electron chi connectivity index (χ2n) is 4.19. The Kier molecular flexibility index (Phi) is 3.71. The van der Waals surface area contributed by atoms with Crippen molar-refractivity contribution in [3.63, 3.8) is 0 Å². The highest BCUT2D eigenvalue weighted by Crippen LogP contribution is 2.23. The number of hydrogen-bond donors (Lipinski definition) is 0. The van der Waals surface area contributed by atoms with Crippen LogP contribution >= 0.6 is 0 Å². The maximum Gasteiger partial charge on any atom is 0.197 e. The highest BCUT2D eigenvalue weighted by molar-refractivity contribution is 6.37. The first kappa shape index (κ1) is 13.6. The van der Waals surface area contributed by atoms with Crippen LogP contribution in [0.25, 0.3) is 0 Å². The lowest BCUT2D eigenvalue weighted by Gasteiger charge is -2.14. The maximum atomic E-state index is 12.4. The van der Waals surface area contributed by atoms with E-state index in [1.807, 2.05) is 0 Å². The number of carbonyl (C=O) groups excluding carboxylic acids is 3. The molecule has 0 fully saturated rings. The third-order valence-electron chi connectivity index (χ3n) is 3.00. The van der Waals surface area contributed by atoms with E-state index in [9.17, 15) is 14.4 Å². The van der Waals surface area contributed by atoms with Crippen molar-refractivity contribution in [2.24, 2.45) is 0 Å². The second kappa shape index (κ2) is 5.45. The Hall–Kier alpha value is -2.81. The molecular formula is C17H12O3. The molecule has 0 aliphatic heterocycles. The first-order valence-electron chi connectivity index (χ1n) is 5.99. The Balaban J connectivity index is 2.57. The van der Waals surface area contributed by atoms with E-state index in [1.165, 1.54) is 12.2 Å². The van der Waals surface area contributed by atoms with E-state index in [0.29, 0.717) is 5.56 Å². The standard InChI is InChI=1S/C17H12O3/c1-3-11-10-14(18)15(13(4-2)16(11)19)17(20)12-8-6-5-7-9-12/h3-10H,1-2H2. The highest BCUT2D eigenvalue weighted by atomic mass is 16.2. The molecule has 2 rings (SSSR count). The van der Waals surface area contributed by atoms with E-state index >= 15 is 0 Å². The molecule has 0 amide bonds. The van der Waals surface area contributed by atoms with Crippen molar-refractivity contribution in [3.05, 3.63) is 84.0 Å². The molecule has 3 nitrogen and oxygen atoms in total. The van der Waals surface area contributed by atoms with Gasteiger partial charge < -0.3 is 0 Å². The monoisotopic (exact) mass is 264 g/mol. The summed E-state index contributed by atoms with van der Waals surface area (Å²) in [5.74, 6) is -1.38. The number of benzene rings is 1. The summed E-state index contributed by atoms with van der Waals surface area (Å²) in [5, 5.41) is 0. The van der Waals surface area contributed by atoms with E-state index in [1.54, 1.807) is 30.3 Å².